The molecule has 1 atom stereocenters. The topological polar surface area (TPSA) is 72.7 Å². The van der Waals surface area contributed by atoms with Gasteiger partial charge in [-0.3, -0.25) is 4.79 Å². The summed E-state index contributed by atoms with van der Waals surface area (Å²) in [5.74, 6) is 0.540. The second kappa shape index (κ2) is 7.99. The van der Waals surface area contributed by atoms with Gasteiger partial charge in [-0.1, -0.05) is 50.6 Å². The van der Waals surface area contributed by atoms with Gasteiger partial charge in [0, 0.05) is 6.04 Å². The highest BCUT2D eigenvalue weighted by Crippen LogP contribution is 2.25. The number of carbonyl (C=O) groups excluding carboxylic acids is 1. The summed E-state index contributed by atoms with van der Waals surface area (Å²) in [6, 6.07) is 8.53. The van der Waals surface area contributed by atoms with E-state index in [2.05, 4.69) is 46.8 Å². The fraction of sp³-hybridized carbons (Fsp3) is 0.556. The average Bonchev–Trinajstić information content (AvgIpc) is 3.26. The summed E-state index contributed by atoms with van der Waals surface area (Å²) in [5, 5.41) is 15.5. The molecule has 1 saturated carbocycles. The van der Waals surface area contributed by atoms with E-state index in [0.717, 1.165) is 18.5 Å². The number of hydrogen-bond acceptors (Lipinski definition) is 5. The van der Waals surface area contributed by atoms with Crippen LogP contribution in [0.4, 0.5) is 0 Å². The van der Waals surface area contributed by atoms with Crippen molar-refractivity contribution in [1.29, 1.82) is 0 Å². The summed E-state index contributed by atoms with van der Waals surface area (Å²) in [6.45, 7) is 6.23. The summed E-state index contributed by atoms with van der Waals surface area (Å²) in [6.07, 6.45) is 4.58. The van der Waals surface area contributed by atoms with Gasteiger partial charge in [-0.15, -0.1) is 5.10 Å². The molecule has 1 fully saturated rings. The maximum Gasteiger partial charge on any atom is 0.233 e. The van der Waals surface area contributed by atoms with Gasteiger partial charge in [0.1, 0.15) is 0 Å². The number of nitrogens with zero attached hydrogens (tertiary/aromatic N) is 4. The summed E-state index contributed by atoms with van der Waals surface area (Å²) < 4.78 is 1.69. The van der Waals surface area contributed by atoms with Crippen LogP contribution in [0.1, 0.15) is 57.9 Å². The number of hydrogen-bond donors (Lipinski definition) is 1. The Morgan fingerprint density at radius 2 is 1.88 bits per heavy atom. The predicted molar refractivity (Wildman–Crippen MR) is 99.0 cm³/mol. The summed E-state index contributed by atoms with van der Waals surface area (Å²) in [5.41, 5.74) is 2.18. The zero-order chi connectivity index (χ0) is 17.8. The highest BCUT2D eigenvalue weighted by Gasteiger charge is 2.23. The van der Waals surface area contributed by atoms with Gasteiger partial charge in [-0.25, -0.2) is 0 Å². The van der Waals surface area contributed by atoms with Crippen LogP contribution in [0.2, 0.25) is 0 Å². The lowest BCUT2D eigenvalue weighted by Gasteiger charge is -2.16. The van der Waals surface area contributed by atoms with Crippen LogP contribution in [0.15, 0.2) is 29.4 Å². The molecule has 2 aromatic rings. The van der Waals surface area contributed by atoms with Crippen LogP contribution in [0.3, 0.4) is 0 Å². The zero-order valence-electron chi connectivity index (χ0n) is 15.0. The third-order valence-electron chi connectivity index (χ3n) is 4.60. The molecule has 0 unspecified atom stereocenters. The molecule has 25 heavy (non-hydrogen) atoms. The fourth-order valence-corrected chi connectivity index (χ4v) is 3.83. The molecule has 134 valence electrons. The lowest BCUT2D eigenvalue weighted by atomic mass is 10.0. The molecule has 0 bridgehead atoms. The number of carbonyl (C=O) groups is 1. The molecule has 3 rings (SSSR count). The molecule has 0 spiro atoms. The Kier molecular flexibility index (Phi) is 5.73. The molecule has 1 aromatic carbocycles. The van der Waals surface area contributed by atoms with Crippen molar-refractivity contribution in [2.45, 2.75) is 68.8 Å². The van der Waals surface area contributed by atoms with Crippen LogP contribution >= 0.6 is 11.8 Å². The lowest BCUT2D eigenvalue weighted by Crippen LogP contribution is -2.37. The normalized spacial score (nSPS) is 16.3. The van der Waals surface area contributed by atoms with Crippen molar-refractivity contribution in [3.63, 3.8) is 0 Å². The quantitative estimate of drug-likeness (QED) is 0.801. The number of tetrazole rings is 1. The van der Waals surface area contributed by atoms with E-state index >= 15 is 0 Å². The van der Waals surface area contributed by atoms with Gasteiger partial charge in [0.15, 0.2) is 0 Å². The van der Waals surface area contributed by atoms with Gasteiger partial charge >= 0.3 is 0 Å². The van der Waals surface area contributed by atoms with Crippen LogP contribution in [-0.4, -0.2) is 37.4 Å². The minimum absolute atomic E-state index is 0.0570. The van der Waals surface area contributed by atoms with E-state index in [0.29, 0.717) is 17.1 Å². The van der Waals surface area contributed by atoms with Crippen LogP contribution < -0.4 is 5.32 Å². The van der Waals surface area contributed by atoms with Gasteiger partial charge in [-0.05, 0) is 53.8 Å². The molecule has 1 amide bonds. The Labute approximate surface area is 152 Å². The van der Waals surface area contributed by atoms with E-state index in [1.54, 1.807) is 4.68 Å². The van der Waals surface area contributed by atoms with Crippen molar-refractivity contribution >= 4 is 17.7 Å². The molecule has 1 N–H and O–H groups in total. The maximum absolute atomic E-state index is 12.4. The molecule has 1 heterocycles. The minimum atomic E-state index is -0.236. The lowest BCUT2D eigenvalue weighted by molar-refractivity contribution is -0.120. The zero-order valence-corrected chi connectivity index (χ0v) is 15.8. The monoisotopic (exact) mass is 359 g/mol. The summed E-state index contributed by atoms with van der Waals surface area (Å²) >= 11 is 1.39. The number of benzene rings is 1. The molecule has 7 heteroatoms. The first-order valence-corrected chi connectivity index (χ1v) is 9.78. The molecule has 1 aliphatic rings. The summed E-state index contributed by atoms with van der Waals surface area (Å²) in [4.78, 5) is 12.4. The fourth-order valence-electron chi connectivity index (χ4n) is 3.02. The average molecular weight is 359 g/mol. The number of amides is 1. The van der Waals surface area contributed by atoms with Crippen molar-refractivity contribution < 1.29 is 4.79 Å². The van der Waals surface area contributed by atoms with Crippen LogP contribution in [0.25, 0.3) is 5.69 Å². The Morgan fingerprint density at radius 3 is 2.52 bits per heavy atom. The Balaban J connectivity index is 1.67. The number of thioether (sulfide) groups is 1. The van der Waals surface area contributed by atoms with Gasteiger partial charge in [0.05, 0.1) is 10.9 Å². The number of rotatable bonds is 6. The molecular weight excluding hydrogens is 334 g/mol. The molecular formula is C18H25N5OS. The first kappa shape index (κ1) is 17.9. The number of nitrogens with one attached hydrogen (secondary N) is 1. The van der Waals surface area contributed by atoms with Crippen molar-refractivity contribution in [2.75, 3.05) is 0 Å². The van der Waals surface area contributed by atoms with Crippen molar-refractivity contribution in [1.82, 2.24) is 25.5 Å². The largest absolute Gasteiger partial charge is 0.352 e. The molecule has 6 nitrogen and oxygen atoms in total. The third kappa shape index (κ3) is 4.39. The third-order valence-corrected chi connectivity index (χ3v) is 5.63. The Morgan fingerprint density at radius 1 is 1.20 bits per heavy atom. The van der Waals surface area contributed by atoms with E-state index < -0.39 is 0 Å². The predicted octanol–water partition coefficient (Wildman–Crippen LogP) is 3.33. The van der Waals surface area contributed by atoms with Crippen LogP contribution in [0, 0.1) is 0 Å². The van der Waals surface area contributed by atoms with Gasteiger partial charge in [0.25, 0.3) is 0 Å². The highest BCUT2D eigenvalue weighted by molar-refractivity contribution is 8.00. The maximum atomic E-state index is 12.4. The van der Waals surface area contributed by atoms with Gasteiger partial charge in [0.2, 0.25) is 11.1 Å². The van der Waals surface area contributed by atoms with E-state index in [9.17, 15) is 4.79 Å². The van der Waals surface area contributed by atoms with Crippen molar-refractivity contribution in [3.8, 4) is 5.69 Å². The molecule has 1 aromatic heterocycles. The standard InChI is InChI=1S/C18H25N5OS/c1-12(2)14-8-10-16(11-9-14)23-18(20-21-22-23)25-13(3)17(24)19-15-6-4-5-7-15/h8-13,15H,4-7H2,1-3H3,(H,19,24)/t13-/m1/s1. The summed E-state index contributed by atoms with van der Waals surface area (Å²) in [7, 11) is 0. The van der Waals surface area contributed by atoms with E-state index in [1.165, 1.54) is 30.2 Å². The second-order valence-corrected chi connectivity index (χ2v) is 8.18. The minimum Gasteiger partial charge on any atom is -0.352 e. The van der Waals surface area contributed by atoms with Crippen molar-refractivity contribution in [3.05, 3.63) is 29.8 Å². The molecule has 1 aliphatic carbocycles. The van der Waals surface area contributed by atoms with Gasteiger partial charge < -0.3 is 5.32 Å². The first-order valence-electron chi connectivity index (χ1n) is 8.90. The Bertz CT molecular complexity index is 707. The van der Waals surface area contributed by atoms with E-state index in [1.807, 2.05) is 19.1 Å². The highest BCUT2D eigenvalue weighted by atomic mass is 32.2. The molecule has 0 aliphatic heterocycles. The smallest absolute Gasteiger partial charge is 0.233 e. The Hall–Kier alpha value is -1.89. The van der Waals surface area contributed by atoms with E-state index in [4.69, 9.17) is 0 Å². The van der Waals surface area contributed by atoms with Crippen LogP contribution in [-0.2, 0) is 4.79 Å². The molecule has 0 saturated heterocycles. The van der Waals surface area contributed by atoms with E-state index in [-0.39, 0.29) is 11.2 Å². The SMILES string of the molecule is CC(C)c1ccc(-n2nnnc2S[C@H](C)C(=O)NC2CCCC2)cc1. The van der Waals surface area contributed by atoms with Crippen LogP contribution in [0.5, 0.6) is 0 Å². The first-order chi connectivity index (χ1) is 12.0. The number of aromatic nitrogens is 4. The molecule has 0 radical (unpaired) electrons. The van der Waals surface area contributed by atoms with Gasteiger partial charge in [-0.2, -0.15) is 4.68 Å². The van der Waals surface area contributed by atoms with Crippen molar-refractivity contribution in [2.24, 2.45) is 0 Å². The second-order valence-electron chi connectivity index (χ2n) is 6.87.